The van der Waals surface area contributed by atoms with Gasteiger partial charge in [-0.2, -0.15) is 0 Å². The Bertz CT molecular complexity index is 251. The monoisotopic (exact) mass is 230 g/mol. The van der Waals surface area contributed by atoms with Crippen LogP contribution in [-0.2, 0) is 23.7 Å². The van der Waals surface area contributed by atoms with E-state index in [1.807, 2.05) is 0 Å². The quantitative estimate of drug-likeness (QED) is 0.408. The van der Waals surface area contributed by atoms with E-state index in [0.717, 1.165) is 19.3 Å². The Hall–Kier alpha value is -1.07. The van der Waals surface area contributed by atoms with Gasteiger partial charge in [-0.1, -0.05) is 0 Å². The molecule has 1 rings (SSSR count). The first kappa shape index (κ1) is 13.0. The molecule has 2 unspecified atom stereocenters. The maximum absolute atomic E-state index is 11.2. The molecule has 0 amide bonds. The van der Waals surface area contributed by atoms with Crippen LogP contribution in [0.2, 0.25) is 0 Å². The molecular weight excluding hydrogens is 212 g/mol. The summed E-state index contributed by atoms with van der Waals surface area (Å²) in [5, 5.41) is 0. The van der Waals surface area contributed by atoms with Crippen molar-refractivity contribution >= 4 is 5.97 Å². The van der Waals surface area contributed by atoms with Gasteiger partial charge in [0.15, 0.2) is 12.0 Å². The van der Waals surface area contributed by atoms with Gasteiger partial charge in [0.25, 0.3) is 0 Å². The van der Waals surface area contributed by atoms with Gasteiger partial charge in [-0.15, -0.1) is 0 Å². The second-order valence-corrected chi connectivity index (χ2v) is 3.42. The molecule has 0 aromatic heterocycles. The SMILES string of the molecule is C=C(OC1CCCC(OC)O1)C(=O)OCC. The summed E-state index contributed by atoms with van der Waals surface area (Å²) in [6.45, 7) is 5.53. The zero-order chi connectivity index (χ0) is 12.0. The molecule has 0 N–H and O–H groups in total. The summed E-state index contributed by atoms with van der Waals surface area (Å²) in [4.78, 5) is 11.2. The van der Waals surface area contributed by atoms with Gasteiger partial charge in [0.05, 0.1) is 6.61 Å². The molecule has 1 fully saturated rings. The molecule has 0 aromatic rings. The van der Waals surface area contributed by atoms with Gasteiger partial charge in [-0.05, 0) is 26.3 Å². The highest BCUT2D eigenvalue weighted by molar-refractivity contribution is 5.85. The number of esters is 1. The molecule has 1 heterocycles. The Balaban J connectivity index is 2.35. The molecule has 5 heteroatoms. The van der Waals surface area contributed by atoms with Crippen molar-refractivity contribution in [3.8, 4) is 0 Å². The first-order chi connectivity index (χ1) is 7.67. The first-order valence-electron chi connectivity index (χ1n) is 5.38. The minimum absolute atomic E-state index is 0.0244. The minimum atomic E-state index is -0.550. The van der Waals surface area contributed by atoms with Crippen molar-refractivity contribution in [3.63, 3.8) is 0 Å². The molecule has 0 spiro atoms. The summed E-state index contributed by atoms with van der Waals surface area (Å²) in [5.74, 6) is -0.575. The van der Waals surface area contributed by atoms with E-state index in [9.17, 15) is 4.79 Å². The van der Waals surface area contributed by atoms with Crippen LogP contribution in [-0.4, -0.2) is 32.3 Å². The normalized spacial score (nSPS) is 24.9. The van der Waals surface area contributed by atoms with Crippen molar-refractivity contribution in [2.45, 2.75) is 38.8 Å². The van der Waals surface area contributed by atoms with Crippen molar-refractivity contribution < 1.29 is 23.7 Å². The van der Waals surface area contributed by atoms with Crippen molar-refractivity contribution in [3.05, 3.63) is 12.3 Å². The second-order valence-electron chi connectivity index (χ2n) is 3.42. The lowest BCUT2D eigenvalue weighted by Gasteiger charge is -2.29. The molecule has 0 radical (unpaired) electrons. The third-order valence-corrected chi connectivity index (χ3v) is 2.22. The van der Waals surface area contributed by atoms with Gasteiger partial charge >= 0.3 is 5.97 Å². The Labute approximate surface area is 95.3 Å². The zero-order valence-electron chi connectivity index (χ0n) is 9.73. The van der Waals surface area contributed by atoms with Crippen molar-refractivity contribution in [2.24, 2.45) is 0 Å². The maximum Gasteiger partial charge on any atom is 0.373 e. The summed E-state index contributed by atoms with van der Waals surface area (Å²) in [5.41, 5.74) is 0. The van der Waals surface area contributed by atoms with Crippen LogP contribution in [0.5, 0.6) is 0 Å². The van der Waals surface area contributed by atoms with Crippen LogP contribution >= 0.6 is 0 Å². The highest BCUT2D eigenvalue weighted by Crippen LogP contribution is 2.21. The lowest BCUT2D eigenvalue weighted by atomic mass is 10.2. The molecule has 92 valence electrons. The van der Waals surface area contributed by atoms with Gasteiger partial charge in [0, 0.05) is 13.5 Å². The maximum atomic E-state index is 11.2. The summed E-state index contributed by atoms with van der Waals surface area (Å²) in [6.07, 6.45) is 1.74. The average Bonchev–Trinajstić information content (AvgIpc) is 2.29. The lowest BCUT2D eigenvalue weighted by Crippen LogP contribution is -2.31. The highest BCUT2D eigenvalue weighted by Gasteiger charge is 2.25. The predicted octanol–water partition coefficient (Wildman–Crippen LogP) is 1.58. The predicted molar refractivity (Wildman–Crippen MR) is 56.4 cm³/mol. The summed E-state index contributed by atoms with van der Waals surface area (Å²) in [6, 6.07) is 0. The number of hydrogen-bond donors (Lipinski definition) is 0. The molecule has 1 aliphatic heterocycles. The Morgan fingerprint density at radius 1 is 1.44 bits per heavy atom. The molecule has 16 heavy (non-hydrogen) atoms. The van der Waals surface area contributed by atoms with E-state index < -0.39 is 12.3 Å². The molecule has 0 bridgehead atoms. The number of carbonyl (C=O) groups is 1. The molecule has 0 aromatic carbocycles. The summed E-state index contributed by atoms with van der Waals surface area (Å²) in [7, 11) is 1.58. The summed E-state index contributed by atoms with van der Waals surface area (Å²) < 4.78 is 20.5. The van der Waals surface area contributed by atoms with E-state index in [4.69, 9.17) is 18.9 Å². The van der Waals surface area contributed by atoms with Gasteiger partial charge in [0.2, 0.25) is 6.29 Å². The Morgan fingerprint density at radius 3 is 2.75 bits per heavy atom. The number of carbonyl (C=O) groups excluding carboxylic acids is 1. The van der Waals surface area contributed by atoms with Crippen LogP contribution in [0.1, 0.15) is 26.2 Å². The number of hydrogen-bond acceptors (Lipinski definition) is 5. The van der Waals surface area contributed by atoms with Crippen LogP contribution in [0.25, 0.3) is 0 Å². The zero-order valence-corrected chi connectivity index (χ0v) is 9.73. The van der Waals surface area contributed by atoms with Gasteiger partial charge in [-0.25, -0.2) is 4.79 Å². The van der Waals surface area contributed by atoms with Crippen LogP contribution < -0.4 is 0 Å². The van der Waals surface area contributed by atoms with Gasteiger partial charge in [-0.3, -0.25) is 0 Å². The Kier molecular flexibility index (Phi) is 5.28. The third kappa shape index (κ3) is 3.83. The molecule has 2 atom stereocenters. The average molecular weight is 230 g/mol. The standard InChI is InChI=1S/C11H18O5/c1-4-14-11(12)8(2)15-10-7-5-6-9(13-3)16-10/h9-10H,2,4-7H2,1,3H3. The topological polar surface area (TPSA) is 54.0 Å². The van der Waals surface area contributed by atoms with Crippen LogP contribution in [0.4, 0.5) is 0 Å². The molecule has 0 aliphatic carbocycles. The van der Waals surface area contributed by atoms with E-state index in [-0.39, 0.29) is 12.0 Å². The molecular formula is C11H18O5. The first-order valence-corrected chi connectivity index (χ1v) is 5.38. The largest absolute Gasteiger partial charge is 0.460 e. The van der Waals surface area contributed by atoms with Crippen molar-refractivity contribution in [1.82, 2.24) is 0 Å². The van der Waals surface area contributed by atoms with Crippen LogP contribution in [0.15, 0.2) is 12.3 Å². The summed E-state index contributed by atoms with van der Waals surface area (Å²) >= 11 is 0. The van der Waals surface area contributed by atoms with E-state index in [1.165, 1.54) is 0 Å². The van der Waals surface area contributed by atoms with Gasteiger partial charge < -0.3 is 18.9 Å². The lowest BCUT2D eigenvalue weighted by molar-refractivity contribution is -0.249. The number of ether oxygens (including phenoxy) is 4. The van der Waals surface area contributed by atoms with Crippen LogP contribution in [0.3, 0.4) is 0 Å². The highest BCUT2D eigenvalue weighted by atomic mass is 16.8. The minimum Gasteiger partial charge on any atom is -0.460 e. The van der Waals surface area contributed by atoms with Crippen molar-refractivity contribution in [2.75, 3.05) is 13.7 Å². The van der Waals surface area contributed by atoms with E-state index in [2.05, 4.69) is 6.58 Å². The smallest absolute Gasteiger partial charge is 0.373 e. The number of methoxy groups -OCH3 is 1. The third-order valence-electron chi connectivity index (χ3n) is 2.22. The molecule has 1 saturated heterocycles. The van der Waals surface area contributed by atoms with Crippen molar-refractivity contribution in [1.29, 1.82) is 0 Å². The number of rotatable bonds is 5. The molecule has 1 aliphatic rings. The van der Waals surface area contributed by atoms with E-state index in [0.29, 0.717) is 6.61 Å². The molecule has 5 nitrogen and oxygen atoms in total. The fraction of sp³-hybridized carbons (Fsp3) is 0.727. The second kappa shape index (κ2) is 6.50. The van der Waals surface area contributed by atoms with Crippen LogP contribution in [0, 0.1) is 0 Å². The van der Waals surface area contributed by atoms with Gasteiger partial charge in [0.1, 0.15) is 0 Å². The molecule has 0 saturated carbocycles. The Morgan fingerprint density at radius 2 is 2.12 bits per heavy atom. The van der Waals surface area contributed by atoms with E-state index >= 15 is 0 Å². The van der Waals surface area contributed by atoms with E-state index in [1.54, 1.807) is 14.0 Å². The fourth-order valence-electron chi connectivity index (χ4n) is 1.44. The fourth-order valence-corrected chi connectivity index (χ4v) is 1.44.